The minimum atomic E-state index is -3.73. The van der Waals surface area contributed by atoms with Gasteiger partial charge in [-0.3, -0.25) is 4.31 Å². The number of ether oxygens (including phenoxy) is 1. The van der Waals surface area contributed by atoms with Crippen molar-refractivity contribution < 1.29 is 17.5 Å². The highest BCUT2D eigenvalue weighted by Gasteiger charge is 2.21. The second-order valence-corrected chi connectivity index (χ2v) is 6.33. The van der Waals surface area contributed by atoms with E-state index in [9.17, 15) is 12.8 Å². The van der Waals surface area contributed by atoms with Crippen LogP contribution >= 0.6 is 0 Å². The van der Waals surface area contributed by atoms with Crippen LogP contribution in [0.1, 0.15) is 6.92 Å². The van der Waals surface area contributed by atoms with Crippen LogP contribution in [0.2, 0.25) is 0 Å². The molecule has 21 heavy (non-hydrogen) atoms. The van der Waals surface area contributed by atoms with E-state index in [2.05, 4.69) is 0 Å². The maximum atomic E-state index is 12.9. The summed E-state index contributed by atoms with van der Waals surface area (Å²) in [4.78, 5) is 0.0354. The summed E-state index contributed by atoms with van der Waals surface area (Å²) in [6.45, 7) is 2.35. The summed E-state index contributed by atoms with van der Waals surface area (Å²) in [5.41, 5.74) is 0.477. The third kappa shape index (κ3) is 3.33. The third-order valence-electron chi connectivity index (χ3n) is 2.96. The van der Waals surface area contributed by atoms with Crippen LogP contribution in [0, 0.1) is 5.82 Å². The van der Waals surface area contributed by atoms with Crippen molar-refractivity contribution in [3.05, 3.63) is 54.3 Å². The summed E-state index contributed by atoms with van der Waals surface area (Å²) < 4.78 is 44.4. The SMILES string of the molecule is CCOc1cccc(N(C)S(=O)(=O)c2ccc(F)cc2)c1. The number of rotatable bonds is 5. The molecule has 6 heteroatoms. The topological polar surface area (TPSA) is 46.6 Å². The molecule has 0 fully saturated rings. The largest absolute Gasteiger partial charge is 0.494 e. The summed E-state index contributed by atoms with van der Waals surface area (Å²) in [5.74, 6) is 0.117. The van der Waals surface area contributed by atoms with Crippen molar-refractivity contribution in [2.75, 3.05) is 18.0 Å². The lowest BCUT2D eigenvalue weighted by molar-refractivity contribution is 0.340. The van der Waals surface area contributed by atoms with Crippen LogP contribution in [-0.2, 0) is 10.0 Å². The lowest BCUT2D eigenvalue weighted by atomic mass is 10.3. The van der Waals surface area contributed by atoms with E-state index in [0.29, 0.717) is 18.0 Å². The van der Waals surface area contributed by atoms with Crippen LogP contribution in [0.25, 0.3) is 0 Å². The molecule has 0 saturated heterocycles. The molecule has 0 heterocycles. The third-order valence-corrected chi connectivity index (χ3v) is 4.76. The van der Waals surface area contributed by atoms with Crippen molar-refractivity contribution >= 4 is 15.7 Å². The molecule has 0 atom stereocenters. The first kappa shape index (κ1) is 15.3. The van der Waals surface area contributed by atoms with Crippen LogP contribution in [0.3, 0.4) is 0 Å². The summed E-state index contributed by atoms with van der Waals surface area (Å²) >= 11 is 0. The van der Waals surface area contributed by atoms with Gasteiger partial charge in [0.25, 0.3) is 10.0 Å². The molecule has 0 unspecified atom stereocenters. The fraction of sp³-hybridized carbons (Fsp3) is 0.200. The first-order valence-electron chi connectivity index (χ1n) is 6.42. The predicted molar refractivity (Wildman–Crippen MR) is 79.6 cm³/mol. The number of nitrogens with zero attached hydrogens (tertiary/aromatic N) is 1. The standard InChI is InChI=1S/C15H16FNO3S/c1-3-20-14-6-4-5-13(11-14)17(2)21(18,19)15-9-7-12(16)8-10-15/h4-11H,3H2,1-2H3. The van der Waals surface area contributed by atoms with Crippen molar-refractivity contribution in [1.82, 2.24) is 0 Å². The molecule has 0 spiro atoms. The Balaban J connectivity index is 2.35. The van der Waals surface area contributed by atoms with E-state index >= 15 is 0 Å². The highest BCUT2D eigenvalue weighted by atomic mass is 32.2. The van der Waals surface area contributed by atoms with Gasteiger partial charge in [-0.1, -0.05) is 6.07 Å². The molecule has 0 amide bonds. The Hall–Kier alpha value is -2.08. The minimum Gasteiger partial charge on any atom is -0.494 e. The summed E-state index contributed by atoms with van der Waals surface area (Å²) in [5, 5.41) is 0. The normalized spacial score (nSPS) is 11.2. The molecule has 0 radical (unpaired) electrons. The van der Waals surface area contributed by atoms with Crippen LogP contribution in [-0.4, -0.2) is 22.1 Å². The van der Waals surface area contributed by atoms with E-state index in [4.69, 9.17) is 4.74 Å². The molecule has 0 aliphatic rings. The Morgan fingerprint density at radius 3 is 2.43 bits per heavy atom. The van der Waals surface area contributed by atoms with Gasteiger partial charge in [0, 0.05) is 13.1 Å². The van der Waals surface area contributed by atoms with E-state index < -0.39 is 15.8 Å². The van der Waals surface area contributed by atoms with E-state index in [-0.39, 0.29) is 4.90 Å². The first-order valence-corrected chi connectivity index (χ1v) is 7.86. The van der Waals surface area contributed by atoms with Crippen LogP contribution < -0.4 is 9.04 Å². The monoisotopic (exact) mass is 309 g/mol. The highest BCUT2D eigenvalue weighted by Crippen LogP contribution is 2.25. The molecule has 0 bridgehead atoms. The fourth-order valence-electron chi connectivity index (χ4n) is 1.84. The van der Waals surface area contributed by atoms with E-state index in [1.54, 1.807) is 24.3 Å². The Morgan fingerprint density at radius 1 is 1.14 bits per heavy atom. The van der Waals surface area contributed by atoms with Gasteiger partial charge in [-0.15, -0.1) is 0 Å². The van der Waals surface area contributed by atoms with Gasteiger partial charge in [0.05, 0.1) is 17.2 Å². The Bertz CT molecular complexity index is 714. The van der Waals surface area contributed by atoms with Gasteiger partial charge in [-0.05, 0) is 43.3 Å². The smallest absolute Gasteiger partial charge is 0.264 e. The molecule has 0 saturated carbocycles. The van der Waals surface area contributed by atoms with Gasteiger partial charge in [-0.25, -0.2) is 12.8 Å². The van der Waals surface area contributed by atoms with Gasteiger partial charge in [-0.2, -0.15) is 0 Å². The van der Waals surface area contributed by atoms with Crippen molar-refractivity contribution in [2.45, 2.75) is 11.8 Å². The van der Waals surface area contributed by atoms with Gasteiger partial charge in [0.15, 0.2) is 0 Å². The molecule has 0 aromatic heterocycles. The number of anilines is 1. The number of hydrogen-bond acceptors (Lipinski definition) is 3. The zero-order valence-corrected chi connectivity index (χ0v) is 12.6. The van der Waals surface area contributed by atoms with E-state index in [1.165, 1.54) is 19.2 Å². The molecule has 2 rings (SSSR count). The van der Waals surface area contributed by atoms with Crippen LogP contribution in [0.5, 0.6) is 5.75 Å². The Labute approximate surface area is 123 Å². The zero-order valence-electron chi connectivity index (χ0n) is 11.8. The van der Waals surface area contributed by atoms with E-state index in [1.807, 2.05) is 6.92 Å². The molecule has 0 aliphatic heterocycles. The molecular formula is C15H16FNO3S. The first-order chi connectivity index (χ1) is 9.95. The number of sulfonamides is 1. The molecule has 2 aromatic carbocycles. The van der Waals surface area contributed by atoms with Crippen molar-refractivity contribution in [3.8, 4) is 5.75 Å². The second-order valence-electron chi connectivity index (χ2n) is 4.36. The molecular weight excluding hydrogens is 293 g/mol. The lowest BCUT2D eigenvalue weighted by Gasteiger charge is -2.20. The molecule has 0 aliphatic carbocycles. The number of hydrogen-bond donors (Lipinski definition) is 0. The summed E-state index contributed by atoms with van der Waals surface area (Å²) in [7, 11) is -2.28. The van der Waals surface area contributed by atoms with Crippen molar-refractivity contribution in [2.24, 2.45) is 0 Å². The van der Waals surface area contributed by atoms with Crippen molar-refractivity contribution in [3.63, 3.8) is 0 Å². The Morgan fingerprint density at radius 2 is 1.81 bits per heavy atom. The summed E-state index contributed by atoms with van der Waals surface area (Å²) in [6, 6.07) is 11.5. The molecule has 112 valence electrons. The fourth-order valence-corrected chi connectivity index (χ4v) is 3.03. The van der Waals surface area contributed by atoms with Gasteiger partial charge < -0.3 is 4.74 Å². The van der Waals surface area contributed by atoms with Crippen LogP contribution in [0.15, 0.2) is 53.4 Å². The maximum absolute atomic E-state index is 12.9. The van der Waals surface area contributed by atoms with Crippen molar-refractivity contribution in [1.29, 1.82) is 0 Å². The van der Waals surface area contributed by atoms with E-state index in [0.717, 1.165) is 16.4 Å². The van der Waals surface area contributed by atoms with Gasteiger partial charge in [0.1, 0.15) is 11.6 Å². The van der Waals surface area contributed by atoms with Gasteiger partial charge >= 0.3 is 0 Å². The Kier molecular flexibility index (Phi) is 4.47. The average Bonchev–Trinajstić information content (AvgIpc) is 2.47. The average molecular weight is 309 g/mol. The highest BCUT2D eigenvalue weighted by molar-refractivity contribution is 7.92. The number of benzene rings is 2. The summed E-state index contributed by atoms with van der Waals surface area (Å²) in [6.07, 6.45) is 0. The quantitative estimate of drug-likeness (QED) is 0.853. The maximum Gasteiger partial charge on any atom is 0.264 e. The second kappa shape index (κ2) is 6.13. The zero-order chi connectivity index (χ0) is 15.5. The molecule has 4 nitrogen and oxygen atoms in total. The number of halogens is 1. The minimum absolute atomic E-state index is 0.0354. The predicted octanol–water partition coefficient (Wildman–Crippen LogP) is 3.05. The van der Waals surface area contributed by atoms with Gasteiger partial charge in [0.2, 0.25) is 0 Å². The molecule has 2 aromatic rings. The van der Waals surface area contributed by atoms with Crippen LogP contribution in [0.4, 0.5) is 10.1 Å². The molecule has 0 N–H and O–H groups in total. The lowest BCUT2D eigenvalue weighted by Crippen LogP contribution is -2.26.